The molecule has 2 aliphatic rings. The number of para-hydroxylation sites is 1. The van der Waals surface area contributed by atoms with Crippen molar-refractivity contribution in [3.63, 3.8) is 0 Å². The van der Waals surface area contributed by atoms with Crippen LogP contribution in [0.5, 0.6) is 5.75 Å². The molecule has 5 atom stereocenters. The number of hydrogen-bond acceptors (Lipinski definition) is 6. The van der Waals surface area contributed by atoms with Crippen LogP contribution in [0.25, 0.3) is 0 Å². The average molecular weight is 734 g/mol. The van der Waals surface area contributed by atoms with Crippen molar-refractivity contribution in [1.29, 1.82) is 0 Å². The summed E-state index contributed by atoms with van der Waals surface area (Å²) in [6, 6.07) is 27.1. The highest BCUT2D eigenvalue weighted by molar-refractivity contribution is 7.91. The molecule has 12 heteroatoms. The summed E-state index contributed by atoms with van der Waals surface area (Å²) in [5, 5.41) is 11.5. The molecule has 0 bridgehead atoms. The number of sulfonamides is 1. The van der Waals surface area contributed by atoms with E-state index in [0.717, 1.165) is 35.3 Å². The van der Waals surface area contributed by atoms with Crippen molar-refractivity contribution in [2.45, 2.75) is 61.0 Å². The van der Waals surface area contributed by atoms with E-state index in [1.165, 1.54) is 6.07 Å². The Morgan fingerprint density at radius 1 is 0.979 bits per heavy atom. The first-order valence-electron chi connectivity index (χ1n) is 15.4. The predicted octanol–water partition coefficient (Wildman–Crippen LogP) is 8.88. The number of nitrogens with one attached hydrogen (secondary N) is 1. The number of likely N-dealkylation sites (tertiary alicyclic amines) is 1. The molecule has 3 aromatic carbocycles. The van der Waals surface area contributed by atoms with Gasteiger partial charge in [0.15, 0.2) is 6.23 Å². The van der Waals surface area contributed by atoms with E-state index in [4.69, 9.17) is 39.5 Å². The number of carbonyl (C=O) groups is 1. The second kappa shape index (κ2) is 14.1. The first kappa shape index (κ1) is 34.2. The number of carboxylic acids is 1. The normalized spacial score (nSPS) is 24.1. The van der Waals surface area contributed by atoms with Crippen LogP contribution < -0.4 is 9.46 Å². The zero-order chi connectivity index (χ0) is 33.3. The van der Waals surface area contributed by atoms with E-state index in [1.54, 1.807) is 6.07 Å². The molecule has 248 valence electrons. The summed E-state index contributed by atoms with van der Waals surface area (Å²) in [5.74, 6) is -0.419. The number of nitrogens with zero attached hydrogens (tertiary/aromatic N) is 1. The van der Waals surface area contributed by atoms with E-state index in [-0.39, 0.29) is 41.1 Å². The van der Waals surface area contributed by atoms with Crippen LogP contribution in [0.4, 0.5) is 0 Å². The molecule has 6 rings (SSSR count). The molecule has 1 unspecified atom stereocenters. The maximum absolute atomic E-state index is 13.5. The van der Waals surface area contributed by atoms with E-state index in [9.17, 15) is 18.3 Å². The molecule has 2 N–H and O–H groups in total. The molecule has 1 saturated carbocycles. The smallest absolute Gasteiger partial charge is 0.304 e. The van der Waals surface area contributed by atoms with Crippen molar-refractivity contribution in [3.8, 4) is 5.75 Å². The minimum Gasteiger partial charge on any atom is -0.481 e. The molecule has 2 fully saturated rings. The molecule has 1 aromatic heterocycles. The maximum atomic E-state index is 13.5. The first-order chi connectivity index (χ1) is 22.4. The van der Waals surface area contributed by atoms with Gasteiger partial charge in [-0.25, -0.2) is 13.1 Å². The second-order valence-corrected chi connectivity index (χ2v) is 17.2. The van der Waals surface area contributed by atoms with Crippen molar-refractivity contribution in [3.05, 3.63) is 117 Å². The number of aliphatic carboxylic acids is 1. The largest absolute Gasteiger partial charge is 0.481 e. The van der Waals surface area contributed by atoms with Gasteiger partial charge in [0.05, 0.1) is 10.8 Å². The number of thiophene rings is 1. The average Bonchev–Trinajstić information content (AvgIpc) is 3.77. The molecule has 1 aliphatic heterocycles. The van der Waals surface area contributed by atoms with Crippen molar-refractivity contribution < 1.29 is 23.1 Å². The molecule has 0 radical (unpaired) electrons. The van der Waals surface area contributed by atoms with Crippen LogP contribution in [-0.2, 0) is 14.8 Å². The minimum atomic E-state index is -3.87. The third-order valence-electron chi connectivity index (χ3n) is 9.13. The summed E-state index contributed by atoms with van der Waals surface area (Å²) < 4.78 is 37.3. The number of piperidine rings is 1. The first-order valence-corrected chi connectivity index (χ1v) is 18.8. The number of ether oxygens (including phenoxy) is 1. The highest BCUT2D eigenvalue weighted by Gasteiger charge is 2.56. The molecule has 7 nitrogen and oxygen atoms in total. The molecular formula is C35H35Cl3N2O5S2. The van der Waals surface area contributed by atoms with Crippen molar-refractivity contribution >= 4 is 62.1 Å². The SMILES string of the molecule is C[C@]1(CC(=O)O)C[C@H](c2cccc(Cl)c2)[C@@H](c2ccc(Cl)cc2)N([C@H](CNS(=O)(=O)c2ccc(Cl)s2)C2CC2)C1Oc1ccccc1. The van der Waals surface area contributed by atoms with Crippen LogP contribution in [0.1, 0.15) is 55.7 Å². The number of hydrogen-bond donors (Lipinski definition) is 2. The van der Waals surface area contributed by atoms with Gasteiger partial charge in [0.1, 0.15) is 9.96 Å². The van der Waals surface area contributed by atoms with Crippen LogP contribution in [0.3, 0.4) is 0 Å². The van der Waals surface area contributed by atoms with Gasteiger partial charge in [-0.3, -0.25) is 9.69 Å². The Morgan fingerprint density at radius 2 is 1.70 bits per heavy atom. The summed E-state index contributed by atoms with van der Waals surface area (Å²) in [4.78, 5) is 14.8. The van der Waals surface area contributed by atoms with Gasteiger partial charge in [-0.15, -0.1) is 11.3 Å². The highest BCUT2D eigenvalue weighted by Crippen LogP contribution is 2.56. The van der Waals surface area contributed by atoms with Crippen LogP contribution in [0.2, 0.25) is 14.4 Å². The van der Waals surface area contributed by atoms with Gasteiger partial charge in [0.25, 0.3) is 0 Å². The fraction of sp³-hybridized carbons (Fsp3) is 0.343. The minimum absolute atomic E-state index is 0.0900. The Labute approximate surface area is 294 Å². The standard InChI is InChI=1S/C35H35Cl3N2O5S2/c1-35(20-31(41)42)19-28(24-6-5-7-26(37)18-24)33(23-12-14-25(36)15-13-23)40(34(35)45-27-8-3-2-4-9-27)29(22-10-11-22)21-39-47(43,44)32-17-16-30(38)46-32/h2-9,12-18,22,28-29,33-34,39H,10-11,19-21H2,1H3,(H,41,42)/t28-,29-,33-,34?,35-/m1/s1. The zero-order valence-corrected chi connectivity index (χ0v) is 29.5. The van der Waals surface area contributed by atoms with E-state index in [2.05, 4.69) is 9.62 Å². The predicted molar refractivity (Wildman–Crippen MR) is 187 cm³/mol. The topological polar surface area (TPSA) is 95.9 Å². The maximum Gasteiger partial charge on any atom is 0.304 e. The van der Waals surface area contributed by atoms with Gasteiger partial charge >= 0.3 is 5.97 Å². The summed E-state index contributed by atoms with van der Waals surface area (Å²) in [7, 11) is -3.87. The Hall–Kier alpha value is -2.63. The number of carboxylic acid groups (broad SMARTS) is 1. The lowest BCUT2D eigenvalue weighted by Gasteiger charge is -2.57. The Morgan fingerprint density at radius 3 is 2.32 bits per heavy atom. The van der Waals surface area contributed by atoms with Crippen LogP contribution in [0.15, 0.2) is 95.2 Å². The summed E-state index contributed by atoms with van der Waals surface area (Å²) in [6.07, 6.45) is 1.37. The van der Waals surface area contributed by atoms with Gasteiger partial charge in [0.2, 0.25) is 10.0 Å². The number of halogens is 3. The van der Waals surface area contributed by atoms with Crippen molar-refractivity contribution in [2.75, 3.05) is 6.54 Å². The van der Waals surface area contributed by atoms with Crippen LogP contribution in [-0.4, -0.2) is 43.2 Å². The lowest BCUT2D eigenvalue weighted by molar-refractivity contribution is -0.169. The molecule has 0 amide bonds. The van der Waals surface area contributed by atoms with Crippen molar-refractivity contribution in [1.82, 2.24) is 9.62 Å². The van der Waals surface area contributed by atoms with Crippen LogP contribution in [0, 0.1) is 11.3 Å². The monoisotopic (exact) mass is 732 g/mol. The molecule has 0 spiro atoms. The fourth-order valence-corrected chi connectivity index (χ4v) is 9.85. The lowest BCUT2D eigenvalue weighted by atomic mass is 9.66. The fourth-order valence-electron chi connectivity index (χ4n) is 6.95. The molecule has 47 heavy (non-hydrogen) atoms. The van der Waals surface area contributed by atoms with Crippen molar-refractivity contribution in [2.24, 2.45) is 11.3 Å². The summed E-state index contributed by atoms with van der Waals surface area (Å²) >= 11 is 20.0. The van der Waals surface area contributed by atoms with E-state index < -0.39 is 27.6 Å². The summed E-state index contributed by atoms with van der Waals surface area (Å²) in [5.41, 5.74) is 1.02. The molecule has 4 aromatic rings. The number of benzene rings is 3. The summed E-state index contributed by atoms with van der Waals surface area (Å²) in [6.45, 7) is 2.05. The van der Waals surface area contributed by atoms with Gasteiger partial charge < -0.3 is 9.84 Å². The molecular weight excluding hydrogens is 699 g/mol. The van der Waals surface area contributed by atoms with E-state index in [0.29, 0.717) is 26.6 Å². The van der Waals surface area contributed by atoms with E-state index >= 15 is 0 Å². The number of rotatable bonds is 12. The Kier molecular flexibility index (Phi) is 10.3. The lowest BCUT2D eigenvalue weighted by Crippen LogP contribution is -2.63. The zero-order valence-electron chi connectivity index (χ0n) is 25.6. The molecule has 1 saturated heterocycles. The molecule has 1 aliphatic carbocycles. The van der Waals surface area contributed by atoms with Gasteiger partial charge in [-0.05, 0) is 84.8 Å². The Bertz CT molecular complexity index is 1820. The van der Waals surface area contributed by atoms with Gasteiger partial charge in [-0.2, -0.15) is 0 Å². The third kappa shape index (κ3) is 7.83. The van der Waals surface area contributed by atoms with Gasteiger partial charge in [0, 0.05) is 40.0 Å². The van der Waals surface area contributed by atoms with Crippen LogP contribution >= 0.6 is 46.1 Å². The molecule has 2 heterocycles. The Balaban J connectivity index is 1.53. The van der Waals surface area contributed by atoms with Gasteiger partial charge in [-0.1, -0.05) is 84.2 Å². The quantitative estimate of drug-likeness (QED) is 0.151. The van der Waals surface area contributed by atoms with E-state index in [1.807, 2.05) is 85.8 Å². The highest BCUT2D eigenvalue weighted by atomic mass is 35.5. The second-order valence-electron chi connectivity index (χ2n) is 12.6. The third-order valence-corrected chi connectivity index (χ3v) is 12.8.